The lowest BCUT2D eigenvalue weighted by Gasteiger charge is -2.00. The van der Waals surface area contributed by atoms with E-state index < -0.39 is 33.3 Å². The van der Waals surface area contributed by atoms with E-state index in [1.165, 1.54) is 0 Å². The first kappa shape index (κ1) is 8.39. The van der Waals surface area contributed by atoms with Crippen molar-refractivity contribution in [3.63, 3.8) is 0 Å². The third kappa shape index (κ3) is 6.39. The lowest BCUT2D eigenvalue weighted by atomic mass is 10.5. The van der Waals surface area contributed by atoms with Crippen LogP contribution in [-0.2, 0) is 0 Å². The standard InChI is InChI=1S/C4H6F3I/c1-8-3-2-4(5,6)7/h1-3H2. The van der Waals surface area contributed by atoms with Crippen LogP contribution in [0.1, 0.15) is 6.42 Å². The molecule has 0 aromatic carbocycles. The topological polar surface area (TPSA) is 0 Å². The molecule has 8 heavy (non-hydrogen) atoms. The first-order valence-corrected chi connectivity index (χ1v) is 5.01. The zero-order valence-corrected chi connectivity index (χ0v) is 6.29. The van der Waals surface area contributed by atoms with Crippen molar-refractivity contribution in [2.75, 3.05) is 4.43 Å². The molecule has 0 aromatic rings. The average Bonchev–Trinajstić information content (AvgIpc) is 1.59. The SMILES string of the molecule is C=ICCC(F)(F)F. The fourth-order valence-electron chi connectivity index (χ4n) is 0.174. The molecule has 0 rings (SSSR count). The Morgan fingerprint density at radius 1 is 1.38 bits per heavy atom. The van der Waals surface area contributed by atoms with Gasteiger partial charge in [-0.05, 0) is 0 Å². The first-order valence-electron chi connectivity index (χ1n) is 1.96. The van der Waals surface area contributed by atoms with Gasteiger partial charge < -0.3 is 0 Å². The molecule has 0 aliphatic rings. The summed E-state index contributed by atoms with van der Waals surface area (Å²) in [7, 11) is 0. The maximum Gasteiger partial charge on any atom is 0.389 e. The van der Waals surface area contributed by atoms with Gasteiger partial charge in [0.2, 0.25) is 0 Å². The summed E-state index contributed by atoms with van der Waals surface area (Å²) in [6.45, 7) is 0. The van der Waals surface area contributed by atoms with E-state index in [2.05, 4.69) is 4.51 Å². The summed E-state index contributed by atoms with van der Waals surface area (Å²) in [4.78, 5) is 0. The third-order valence-corrected chi connectivity index (χ3v) is 1.81. The van der Waals surface area contributed by atoms with Crippen molar-refractivity contribution in [3.05, 3.63) is 0 Å². The van der Waals surface area contributed by atoms with Crippen molar-refractivity contribution in [3.8, 4) is 0 Å². The van der Waals surface area contributed by atoms with Crippen LogP contribution in [0, 0.1) is 0 Å². The van der Waals surface area contributed by atoms with E-state index in [0.717, 1.165) is 0 Å². The molecule has 0 saturated heterocycles. The quantitative estimate of drug-likeness (QED) is 0.511. The van der Waals surface area contributed by atoms with Gasteiger partial charge in [0, 0.05) is 4.43 Å². The summed E-state index contributed by atoms with van der Waals surface area (Å²) in [5, 5.41) is 0. The first-order chi connectivity index (χ1) is 3.56. The molecular weight excluding hydrogens is 232 g/mol. The number of halogens is 4. The molecule has 0 amide bonds. The van der Waals surface area contributed by atoms with E-state index in [0.29, 0.717) is 0 Å². The van der Waals surface area contributed by atoms with Gasteiger partial charge in [0.1, 0.15) is 0 Å². The molecule has 0 fully saturated rings. The van der Waals surface area contributed by atoms with E-state index in [9.17, 15) is 13.2 Å². The highest BCUT2D eigenvalue weighted by Crippen LogP contribution is 2.20. The predicted molar refractivity (Wildman–Crippen MR) is 36.7 cm³/mol. The Bertz CT molecular complexity index is 75.8. The maximum atomic E-state index is 11.2. The molecule has 0 nitrogen and oxygen atoms in total. The number of alkyl halides is 4. The number of rotatable bonds is 2. The molecule has 0 aliphatic heterocycles. The summed E-state index contributed by atoms with van der Waals surface area (Å²) in [5.74, 6) is 0. The molecule has 0 bridgehead atoms. The van der Waals surface area contributed by atoms with Crippen LogP contribution in [0.3, 0.4) is 0 Å². The Morgan fingerprint density at radius 2 is 1.88 bits per heavy atom. The molecule has 0 unspecified atom stereocenters. The Balaban J connectivity index is 3.24. The van der Waals surface area contributed by atoms with E-state index in [-0.39, 0.29) is 4.43 Å². The van der Waals surface area contributed by atoms with Gasteiger partial charge >= 0.3 is 6.18 Å². The van der Waals surface area contributed by atoms with Crippen LogP contribution in [0.5, 0.6) is 0 Å². The monoisotopic (exact) mass is 238 g/mol. The minimum absolute atomic E-state index is 0.252. The van der Waals surface area contributed by atoms with Gasteiger partial charge in [-0.25, -0.2) is 0 Å². The van der Waals surface area contributed by atoms with Gasteiger partial charge in [0.05, 0.1) is 6.42 Å². The van der Waals surface area contributed by atoms with Crippen molar-refractivity contribution in [2.45, 2.75) is 12.6 Å². The minimum atomic E-state index is -3.96. The molecule has 50 valence electrons. The van der Waals surface area contributed by atoms with Gasteiger partial charge in [0.25, 0.3) is 0 Å². The number of hydrogen-bond acceptors (Lipinski definition) is 0. The molecule has 0 heterocycles. The summed E-state index contributed by atoms with van der Waals surface area (Å²) >= 11 is -0.429. The third-order valence-electron chi connectivity index (χ3n) is 0.512. The Kier molecular flexibility index (Phi) is 3.59. The normalized spacial score (nSPS) is 11.9. The molecule has 0 aliphatic carbocycles. The van der Waals surface area contributed by atoms with Gasteiger partial charge in [-0.3, -0.25) is 0 Å². The van der Waals surface area contributed by atoms with Gasteiger partial charge in [-0.15, -0.1) is 20.7 Å². The second-order valence-corrected chi connectivity index (χ2v) is 3.40. The van der Waals surface area contributed by atoms with Crippen LogP contribution in [-0.4, -0.2) is 15.1 Å². The predicted octanol–water partition coefficient (Wildman–Crippen LogP) is 2.34. The Hall–Kier alpha value is 0.390. The average molecular weight is 238 g/mol. The molecule has 0 spiro atoms. The molecule has 0 N–H and O–H groups in total. The molecule has 0 saturated carbocycles. The van der Waals surface area contributed by atoms with Gasteiger partial charge in [0.15, 0.2) is 0 Å². The largest absolute Gasteiger partial charge is 0.389 e. The van der Waals surface area contributed by atoms with E-state index >= 15 is 0 Å². The summed E-state index contributed by atoms with van der Waals surface area (Å²) < 4.78 is 37.3. The fraction of sp³-hybridized carbons (Fsp3) is 0.750. The van der Waals surface area contributed by atoms with Crippen LogP contribution < -0.4 is 0 Å². The molecule has 0 aromatic heterocycles. The summed E-state index contributed by atoms with van der Waals surface area (Å²) in [5.41, 5.74) is 0. The fourth-order valence-corrected chi connectivity index (χ4v) is 1.17. The van der Waals surface area contributed by atoms with Crippen LogP contribution >= 0.6 is 20.7 Å². The van der Waals surface area contributed by atoms with Crippen LogP contribution in [0.25, 0.3) is 0 Å². The molecule has 0 atom stereocenters. The lowest BCUT2D eigenvalue weighted by molar-refractivity contribution is -0.129. The summed E-state index contributed by atoms with van der Waals surface area (Å²) in [6.07, 6.45) is -4.61. The minimum Gasteiger partial charge on any atom is -0.171 e. The van der Waals surface area contributed by atoms with Crippen molar-refractivity contribution in [1.29, 1.82) is 0 Å². The lowest BCUT2D eigenvalue weighted by Crippen LogP contribution is -2.06. The zero-order valence-electron chi connectivity index (χ0n) is 4.13. The Labute approximate surface area is 55.8 Å². The highest BCUT2D eigenvalue weighted by molar-refractivity contribution is 14.2. The smallest absolute Gasteiger partial charge is 0.171 e. The van der Waals surface area contributed by atoms with Gasteiger partial charge in [-0.1, -0.05) is 4.51 Å². The van der Waals surface area contributed by atoms with Crippen molar-refractivity contribution in [1.82, 2.24) is 0 Å². The second kappa shape index (κ2) is 3.42. The highest BCUT2D eigenvalue weighted by atomic mass is 127. The van der Waals surface area contributed by atoms with Gasteiger partial charge in [-0.2, -0.15) is 13.2 Å². The molecule has 0 radical (unpaired) electrons. The molecular formula is C4H6F3I. The van der Waals surface area contributed by atoms with Crippen molar-refractivity contribution < 1.29 is 13.2 Å². The van der Waals surface area contributed by atoms with E-state index in [4.69, 9.17) is 0 Å². The van der Waals surface area contributed by atoms with Crippen LogP contribution in [0.15, 0.2) is 0 Å². The van der Waals surface area contributed by atoms with Crippen molar-refractivity contribution in [2.24, 2.45) is 0 Å². The zero-order chi connectivity index (χ0) is 6.62. The van der Waals surface area contributed by atoms with Crippen molar-refractivity contribution >= 4 is 25.2 Å². The van der Waals surface area contributed by atoms with Crippen LogP contribution in [0.4, 0.5) is 13.2 Å². The maximum absolute atomic E-state index is 11.2. The van der Waals surface area contributed by atoms with E-state index in [1.807, 2.05) is 0 Å². The molecule has 4 heteroatoms. The Morgan fingerprint density at radius 3 is 2.00 bits per heavy atom. The summed E-state index contributed by atoms with van der Waals surface area (Å²) in [6, 6.07) is 0. The second-order valence-electron chi connectivity index (χ2n) is 1.24. The van der Waals surface area contributed by atoms with Crippen LogP contribution in [0.2, 0.25) is 0 Å². The highest BCUT2D eigenvalue weighted by Gasteiger charge is 2.25. The number of hydrogen-bond donors (Lipinski definition) is 0. The van der Waals surface area contributed by atoms with E-state index in [1.54, 1.807) is 0 Å².